The minimum Gasteiger partial charge on any atom is -0.366 e. The Morgan fingerprint density at radius 2 is 2.23 bits per heavy atom. The van der Waals surface area contributed by atoms with E-state index in [0.29, 0.717) is 17.5 Å². The van der Waals surface area contributed by atoms with Gasteiger partial charge in [0, 0.05) is 32.2 Å². The molecule has 1 heterocycles. The van der Waals surface area contributed by atoms with Crippen LogP contribution in [-0.4, -0.2) is 36.9 Å². The molecule has 1 saturated carbocycles. The summed E-state index contributed by atoms with van der Waals surface area (Å²) in [6.45, 7) is 2.85. The first-order valence-corrected chi connectivity index (χ1v) is 7.96. The van der Waals surface area contributed by atoms with Crippen molar-refractivity contribution in [3.63, 3.8) is 0 Å². The number of hydrogen-bond donors (Lipinski definition) is 2. The Kier molecular flexibility index (Phi) is 4.05. The number of benzene rings is 1. The van der Waals surface area contributed by atoms with Crippen LogP contribution < -0.4 is 11.1 Å². The number of amides is 1. The highest BCUT2D eigenvalue weighted by atomic mass is 16.1. The van der Waals surface area contributed by atoms with Crippen LogP contribution in [0.2, 0.25) is 0 Å². The Balaban J connectivity index is 1.60. The maximum absolute atomic E-state index is 11.2. The van der Waals surface area contributed by atoms with Crippen molar-refractivity contribution in [2.75, 3.05) is 20.1 Å². The van der Waals surface area contributed by atoms with E-state index in [1.54, 1.807) is 6.07 Å². The van der Waals surface area contributed by atoms with Crippen molar-refractivity contribution >= 4 is 11.9 Å². The number of nitrogens with two attached hydrogens (primary N) is 1. The van der Waals surface area contributed by atoms with Crippen LogP contribution in [0.3, 0.4) is 0 Å². The molecule has 118 valence electrons. The highest BCUT2D eigenvalue weighted by Gasteiger charge is 2.43. The van der Waals surface area contributed by atoms with Crippen LogP contribution >= 0.6 is 0 Å². The van der Waals surface area contributed by atoms with E-state index in [0.717, 1.165) is 24.6 Å². The lowest BCUT2D eigenvalue weighted by Gasteiger charge is -2.38. The summed E-state index contributed by atoms with van der Waals surface area (Å²) in [6, 6.07) is 7.42. The van der Waals surface area contributed by atoms with Gasteiger partial charge in [0.2, 0.25) is 5.91 Å². The average Bonchev–Trinajstić information content (AvgIpc) is 2.94. The third-order valence-corrected chi connectivity index (χ3v) is 5.03. The second kappa shape index (κ2) is 5.99. The molecular formula is C17H24N4O. The SMILES string of the molecule is CN=C(NCc1cccc(C(N)=O)c1)N1CCC2(CCC2)C1. The van der Waals surface area contributed by atoms with Crippen molar-refractivity contribution in [3.05, 3.63) is 35.4 Å². The van der Waals surface area contributed by atoms with E-state index >= 15 is 0 Å². The number of likely N-dealkylation sites (tertiary alicyclic amines) is 1. The number of primary amides is 1. The van der Waals surface area contributed by atoms with Crippen LogP contribution in [0.1, 0.15) is 41.6 Å². The third-order valence-electron chi connectivity index (χ3n) is 5.03. The lowest BCUT2D eigenvalue weighted by Crippen LogP contribution is -2.42. The van der Waals surface area contributed by atoms with E-state index < -0.39 is 5.91 Å². The van der Waals surface area contributed by atoms with Crippen molar-refractivity contribution in [3.8, 4) is 0 Å². The van der Waals surface area contributed by atoms with Crippen molar-refractivity contribution in [2.45, 2.75) is 32.2 Å². The van der Waals surface area contributed by atoms with E-state index in [2.05, 4.69) is 15.2 Å². The lowest BCUT2D eigenvalue weighted by molar-refractivity contribution is 0.1000. The van der Waals surface area contributed by atoms with Gasteiger partial charge in [-0.05, 0) is 42.4 Å². The molecule has 1 aromatic rings. The molecule has 2 fully saturated rings. The number of carbonyl (C=O) groups is 1. The van der Waals surface area contributed by atoms with Crippen molar-refractivity contribution < 1.29 is 4.79 Å². The van der Waals surface area contributed by atoms with Crippen LogP contribution in [0.5, 0.6) is 0 Å². The molecule has 2 aliphatic rings. The molecule has 0 unspecified atom stereocenters. The third kappa shape index (κ3) is 2.93. The maximum Gasteiger partial charge on any atom is 0.248 e. The second-order valence-corrected chi connectivity index (χ2v) is 6.49. The molecule has 1 aromatic carbocycles. The molecule has 3 rings (SSSR count). The van der Waals surface area contributed by atoms with Crippen LogP contribution in [0.25, 0.3) is 0 Å². The van der Waals surface area contributed by atoms with Crippen molar-refractivity contribution in [2.24, 2.45) is 16.1 Å². The number of aliphatic imine (C=N–C) groups is 1. The second-order valence-electron chi connectivity index (χ2n) is 6.49. The van der Waals surface area contributed by atoms with Crippen molar-refractivity contribution in [1.29, 1.82) is 0 Å². The predicted octanol–water partition coefficient (Wildman–Crippen LogP) is 1.74. The first-order valence-electron chi connectivity index (χ1n) is 7.96. The van der Waals surface area contributed by atoms with E-state index in [1.165, 1.54) is 25.7 Å². The molecule has 0 aromatic heterocycles. The van der Waals surface area contributed by atoms with Gasteiger partial charge in [-0.1, -0.05) is 18.6 Å². The van der Waals surface area contributed by atoms with Crippen molar-refractivity contribution in [1.82, 2.24) is 10.2 Å². The summed E-state index contributed by atoms with van der Waals surface area (Å²) < 4.78 is 0. The lowest BCUT2D eigenvalue weighted by atomic mass is 9.68. The zero-order valence-electron chi connectivity index (χ0n) is 13.1. The maximum atomic E-state index is 11.2. The number of nitrogens with zero attached hydrogens (tertiary/aromatic N) is 2. The topological polar surface area (TPSA) is 70.7 Å². The Labute approximate surface area is 131 Å². The Bertz CT molecular complexity index is 592. The molecule has 5 heteroatoms. The van der Waals surface area contributed by atoms with E-state index in [4.69, 9.17) is 5.73 Å². The van der Waals surface area contributed by atoms with Gasteiger partial charge < -0.3 is 16.0 Å². The number of rotatable bonds is 3. The molecule has 1 saturated heterocycles. The summed E-state index contributed by atoms with van der Waals surface area (Å²) in [4.78, 5) is 18.0. The van der Waals surface area contributed by atoms with Gasteiger partial charge in [-0.2, -0.15) is 0 Å². The minimum atomic E-state index is -0.391. The minimum absolute atomic E-state index is 0.391. The Hall–Kier alpha value is -2.04. The van der Waals surface area contributed by atoms with Crippen LogP contribution in [0.15, 0.2) is 29.3 Å². The highest BCUT2D eigenvalue weighted by molar-refractivity contribution is 5.92. The molecule has 3 N–H and O–H groups in total. The number of guanidine groups is 1. The van der Waals surface area contributed by atoms with Gasteiger partial charge >= 0.3 is 0 Å². The Morgan fingerprint density at radius 3 is 2.82 bits per heavy atom. The summed E-state index contributed by atoms with van der Waals surface area (Å²) >= 11 is 0. The molecule has 5 nitrogen and oxygen atoms in total. The summed E-state index contributed by atoms with van der Waals surface area (Å²) in [5.74, 6) is 0.561. The molecular weight excluding hydrogens is 276 g/mol. The van der Waals surface area contributed by atoms with Gasteiger partial charge in [-0.3, -0.25) is 9.79 Å². The number of hydrogen-bond acceptors (Lipinski definition) is 2. The van der Waals surface area contributed by atoms with Gasteiger partial charge in [-0.25, -0.2) is 0 Å². The van der Waals surface area contributed by atoms with Crippen LogP contribution in [0, 0.1) is 5.41 Å². The predicted molar refractivity (Wildman–Crippen MR) is 87.6 cm³/mol. The average molecular weight is 300 g/mol. The molecule has 1 amide bonds. The van der Waals surface area contributed by atoms with E-state index in [-0.39, 0.29) is 0 Å². The van der Waals surface area contributed by atoms with E-state index in [1.807, 2.05) is 25.2 Å². The van der Waals surface area contributed by atoms with Gasteiger partial charge in [0.05, 0.1) is 0 Å². The smallest absolute Gasteiger partial charge is 0.248 e. The van der Waals surface area contributed by atoms with Crippen LogP contribution in [0.4, 0.5) is 0 Å². The van der Waals surface area contributed by atoms with E-state index in [9.17, 15) is 4.79 Å². The van der Waals surface area contributed by atoms with Crippen LogP contribution in [-0.2, 0) is 6.54 Å². The molecule has 1 spiro atoms. The number of carbonyl (C=O) groups excluding carboxylic acids is 1. The molecule has 1 aliphatic carbocycles. The molecule has 0 atom stereocenters. The van der Waals surface area contributed by atoms with Gasteiger partial charge in [0.25, 0.3) is 0 Å². The summed E-state index contributed by atoms with van der Waals surface area (Å²) in [6.07, 6.45) is 5.38. The summed E-state index contributed by atoms with van der Waals surface area (Å²) in [5, 5.41) is 3.40. The molecule has 1 aliphatic heterocycles. The molecule has 0 bridgehead atoms. The standard InChI is InChI=1S/C17H24N4O/c1-19-16(21-9-8-17(12-21)6-3-7-17)20-11-13-4-2-5-14(10-13)15(18)22/h2,4-5,10H,3,6-9,11-12H2,1H3,(H2,18,22)(H,19,20). The monoisotopic (exact) mass is 300 g/mol. The highest BCUT2D eigenvalue weighted by Crippen LogP contribution is 2.47. The zero-order chi connectivity index (χ0) is 15.6. The zero-order valence-corrected chi connectivity index (χ0v) is 13.1. The fourth-order valence-corrected chi connectivity index (χ4v) is 3.55. The summed E-state index contributed by atoms with van der Waals surface area (Å²) in [5.41, 5.74) is 7.47. The quantitative estimate of drug-likeness (QED) is 0.660. The first kappa shape index (κ1) is 14.9. The normalized spacial score (nSPS) is 20.0. The van der Waals surface area contributed by atoms with Gasteiger partial charge in [0.15, 0.2) is 5.96 Å². The van der Waals surface area contributed by atoms with Gasteiger partial charge in [-0.15, -0.1) is 0 Å². The molecule has 0 radical (unpaired) electrons. The molecule has 22 heavy (non-hydrogen) atoms. The fourth-order valence-electron chi connectivity index (χ4n) is 3.55. The Morgan fingerprint density at radius 1 is 1.41 bits per heavy atom. The number of nitrogens with one attached hydrogen (secondary N) is 1. The van der Waals surface area contributed by atoms with Gasteiger partial charge in [0.1, 0.15) is 0 Å². The summed E-state index contributed by atoms with van der Waals surface area (Å²) in [7, 11) is 1.83. The largest absolute Gasteiger partial charge is 0.366 e. The first-order chi connectivity index (χ1) is 10.6. The fraction of sp³-hybridized carbons (Fsp3) is 0.529.